The van der Waals surface area contributed by atoms with E-state index >= 15 is 0 Å². The molecule has 1 aromatic carbocycles. The summed E-state index contributed by atoms with van der Waals surface area (Å²) in [5.41, 5.74) is 0.555. The third-order valence-electron chi connectivity index (χ3n) is 2.46. The van der Waals surface area contributed by atoms with Crippen molar-refractivity contribution in [1.29, 1.82) is 0 Å². The molecule has 94 valence electrons. The van der Waals surface area contributed by atoms with Gasteiger partial charge in [0.15, 0.2) is 0 Å². The molecule has 0 aromatic heterocycles. The second kappa shape index (κ2) is 6.12. The standard InChI is InChI=1S/C12H15BrFNO2/c1-8(12(16)17)6-15(2)7-9-5-10(13)3-4-11(9)14/h3-5,8H,6-7H2,1-2H3,(H,16,17). The molecule has 5 heteroatoms. The third kappa shape index (κ3) is 4.44. The summed E-state index contributed by atoms with van der Waals surface area (Å²) in [6.45, 7) is 2.42. The van der Waals surface area contributed by atoms with Crippen molar-refractivity contribution in [1.82, 2.24) is 4.90 Å². The molecule has 0 spiro atoms. The first-order valence-corrected chi connectivity index (χ1v) is 6.04. The van der Waals surface area contributed by atoms with Crippen molar-refractivity contribution < 1.29 is 14.3 Å². The summed E-state index contributed by atoms with van der Waals surface area (Å²) in [7, 11) is 1.78. The Labute approximate surface area is 108 Å². The van der Waals surface area contributed by atoms with Crippen LogP contribution in [0.4, 0.5) is 4.39 Å². The number of hydrogen-bond donors (Lipinski definition) is 1. The van der Waals surface area contributed by atoms with E-state index in [1.807, 2.05) is 0 Å². The molecule has 1 rings (SSSR count). The maximum atomic E-state index is 13.5. The SMILES string of the molecule is CC(CN(C)Cc1cc(Br)ccc1F)C(=O)O. The summed E-state index contributed by atoms with van der Waals surface area (Å²) in [6.07, 6.45) is 0. The maximum Gasteiger partial charge on any atom is 0.307 e. The Morgan fingerprint density at radius 2 is 2.24 bits per heavy atom. The molecule has 1 unspecified atom stereocenters. The summed E-state index contributed by atoms with van der Waals surface area (Å²) in [6, 6.07) is 4.74. The number of nitrogens with zero attached hydrogens (tertiary/aromatic N) is 1. The highest BCUT2D eigenvalue weighted by Gasteiger charge is 2.14. The van der Waals surface area contributed by atoms with Crippen LogP contribution in [-0.2, 0) is 11.3 Å². The Bertz CT molecular complexity index is 411. The number of halogens is 2. The lowest BCUT2D eigenvalue weighted by Crippen LogP contribution is -2.28. The van der Waals surface area contributed by atoms with Gasteiger partial charge in [0.2, 0.25) is 0 Å². The minimum Gasteiger partial charge on any atom is -0.481 e. The zero-order chi connectivity index (χ0) is 13.0. The summed E-state index contributed by atoms with van der Waals surface area (Å²) in [4.78, 5) is 12.5. The van der Waals surface area contributed by atoms with Crippen LogP contribution in [0.5, 0.6) is 0 Å². The van der Waals surface area contributed by atoms with Gasteiger partial charge in [-0.1, -0.05) is 22.9 Å². The van der Waals surface area contributed by atoms with Gasteiger partial charge in [-0.25, -0.2) is 4.39 Å². The van der Waals surface area contributed by atoms with Gasteiger partial charge in [-0.2, -0.15) is 0 Å². The van der Waals surface area contributed by atoms with E-state index in [4.69, 9.17) is 5.11 Å². The van der Waals surface area contributed by atoms with Gasteiger partial charge in [-0.15, -0.1) is 0 Å². The number of carboxylic acid groups (broad SMARTS) is 1. The van der Waals surface area contributed by atoms with Gasteiger partial charge in [0.05, 0.1) is 5.92 Å². The van der Waals surface area contributed by atoms with Crippen LogP contribution < -0.4 is 0 Å². The van der Waals surface area contributed by atoms with Crippen molar-refractivity contribution in [3.63, 3.8) is 0 Å². The van der Waals surface area contributed by atoms with Crippen LogP contribution in [0.1, 0.15) is 12.5 Å². The molecule has 1 aromatic rings. The fraction of sp³-hybridized carbons (Fsp3) is 0.417. The Hall–Kier alpha value is -0.940. The van der Waals surface area contributed by atoms with Gasteiger partial charge in [-0.05, 0) is 25.2 Å². The van der Waals surface area contributed by atoms with Crippen molar-refractivity contribution in [3.8, 4) is 0 Å². The number of rotatable bonds is 5. The average molecular weight is 304 g/mol. The van der Waals surface area contributed by atoms with Crippen LogP contribution in [0.25, 0.3) is 0 Å². The Kier molecular flexibility index (Phi) is 5.08. The molecule has 0 aliphatic carbocycles. The third-order valence-corrected chi connectivity index (χ3v) is 2.95. The highest BCUT2D eigenvalue weighted by atomic mass is 79.9. The van der Waals surface area contributed by atoms with E-state index in [-0.39, 0.29) is 5.82 Å². The smallest absolute Gasteiger partial charge is 0.307 e. The van der Waals surface area contributed by atoms with Crippen molar-refractivity contribution in [2.45, 2.75) is 13.5 Å². The fourth-order valence-electron chi connectivity index (χ4n) is 1.57. The Balaban J connectivity index is 2.64. The van der Waals surface area contributed by atoms with Crippen LogP contribution in [-0.4, -0.2) is 29.6 Å². The lowest BCUT2D eigenvalue weighted by atomic mass is 10.1. The van der Waals surface area contributed by atoms with E-state index in [0.29, 0.717) is 18.7 Å². The quantitative estimate of drug-likeness (QED) is 0.909. The first kappa shape index (κ1) is 14.1. The molecule has 0 bridgehead atoms. The maximum absolute atomic E-state index is 13.5. The lowest BCUT2D eigenvalue weighted by Gasteiger charge is -2.19. The van der Waals surface area contributed by atoms with Crippen molar-refractivity contribution in [2.75, 3.05) is 13.6 Å². The number of aliphatic carboxylic acids is 1. The van der Waals surface area contributed by atoms with Gasteiger partial charge < -0.3 is 10.0 Å². The molecule has 0 heterocycles. The minimum atomic E-state index is -0.841. The molecule has 0 aliphatic rings. The van der Waals surface area contributed by atoms with Gasteiger partial charge in [0.25, 0.3) is 0 Å². The van der Waals surface area contributed by atoms with Crippen LogP contribution in [0, 0.1) is 11.7 Å². The Morgan fingerprint density at radius 3 is 2.82 bits per heavy atom. The highest BCUT2D eigenvalue weighted by Crippen LogP contribution is 2.17. The van der Waals surface area contributed by atoms with Crippen molar-refractivity contribution >= 4 is 21.9 Å². The molecule has 17 heavy (non-hydrogen) atoms. The summed E-state index contributed by atoms with van der Waals surface area (Å²) >= 11 is 3.28. The van der Waals surface area contributed by atoms with Gasteiger partial charge >= 0.3 is 5.97 Å². The van der Waals surface area contributed by atoms with Gasteiger partial charge in [0.1, 0.15) is 5.82 Å². The van der Waals surface area contributed by atoms with Gasteiger partial charge in [0, 0.05) is 23.1 Å². The van der Waals surface area contributed by atoms with Crippen LogP contribution in [0.3, 0.4) is 0 Å². The number of carboxylic acids is 1. The molecule has 0 amide bonds. The molecular formula is C12H15BrFNO2. The molecule has 0 fully saturated rings. The van der Waals surface area contributed by atoms with E-state index in [9.17, 15) is 9.18 Å². The molecule has 0 aliphatic heterocycles. The molecule has 0 saturated heterocycles. The van der Waals surface area contributed by atoms with Crippen molar-refractivity contribution in [3.05, 3.63) is 34.1 Å². The first-order chi connectivity index (χ1) is 7.90. The zero-order valence-electron chi connectivity index (χ0n) is 9.78. The molecule has 1 atom stereocenters. The topological polar surface area (TPSA) is 40.5 Å². The van der Waals surface area contributed by atoms with E-state index in [0.717, 1.165) is 4.47 Å². The molecule has 3 nitrogen and oxygen atoms in total. The van der Waals surface area contributed by atoms with Gasteiger partial charge in [-0.3, -0.25) is 4.79 Å². The minimum absolute atomic E-state index is 0.275. The zero-order valence-corrected chi connectivity index (χ0v) is 11.4. The van der Waals surface area contributed by atoms with E-state index in [1.54, 1.807) is 31.0 Å². The van der Waals surface area contributed by atoms with E-state index in [1.165, 1.54) is 6.07 Å². The van der Waals surface area contributed by atoms with Crippen LogP contribution >= 0.6 is 15.9 Å². The molecular weight excluding hydrogens is 289 g/mol. The second-order valence-corrected chi connectivity index (χ2v) is 5.09. The normalized spacial score (nSPS) is 12.8. The fourth-order valence-corrected chi connectivity index (χ4v) is 1.97. The highest BCUT2D eigenvalue weighted by molar-refractivity contribution is 9.10. The predicted molar refractivity (Wildman–Crippen MR) is 67.2 cm³/mol. The number of carbonyl (C=O) groups is 1. The first-order valence-electron chi connectivity index (χ1n) is 5.25. The number of hydrogen-bond acceptors (Lipinski definition) is 2. The monoisotopic (exact) mass is 303 g/mol. The predicted octanol–water partition coefficient (Wildman–Crippen LogP) is 2.74. The molecule has 0 radical (unpaired) electrons. The average Bonchev–Trinajstić information content (AvgIpc) is 2.23. The summed E-state index contributed by atoms with van der Waals surface area (Å²) in [5.74, 6) is -1.58. The van der Waals surface area contributed by atoms with Crippen LogP contribution in [0.15, 0.2) is 22.7 Å². The molecule has 0 saturated carbocycles. The lowest BCUT2D eigenvalue weighted by molar-refractivity contribution is -0.141. The number of benzene rings is 1. The van der Waals surface area contributed by atoms with Crippen LogP contribution in [0.2, 0.25) is 0 Å². The summed E-state index contributed by atoms with van der Waals surface area (Å²) < 4.78 is 14.3. The second-order valence-electron chi connectivity index (χ2n) is 4.17. The Morgan fingerprint density at radius 1 is 1.59 bits per heavy atom. The largest absolute Gasteiger partial charge is 0.481 e. The van der Waals surface area contributed by atoms with E-state index in [2.05, 4.69) is 15.9 Å². The molecule has 1 N–H and O–H groups in total. The van der Waals surface area contributed by atoms with Crippen molar-refractivity contribution in [2.24, 2.45) is 5.92 Å². The van der Waals surface area contributed by atoms with E-state index < -0.39 is 11.9 Å². The summed E-state index contributed by atoms with van der Waals surface area (Å²) in [5, 5.41) is 8.79.